The summed E-state index contributed by atoms with van der Waals surface area (Å²) in [4.78, 5) is 0. The van der Waals surface area contributed by atoms with Gasteiger partial charge in [-0.25, -0.2) is 4.39 Å². The van der Waals surface area contributed by atoms with E-state index in [1.165, 1.54) is 37.8 Å². The number of aliphatic hydroxyl groups excluding tert-OH is 1. The van der Waals surface area contributed by atoms with Crippen molar-refractivity contribution in [3.8, 4) is 0 Å². The molecule has 1 aromatic rings. The van der Waals surface area contributed by atoms with Crippen molar-refractivity contribution in [3.63, 3.8) is 0 Å². The lowest BCUT2D eigenvalue weighted by Crippen LogP contribution is -2.42. The van der Waals surface area contributed by atoms with Crippen molar-refractivity contribution in [3.05, 3.63) is 35.6 Å². The van der Waals surface area contributed by atoms with Gasteiger partial charge < -0.3 is 10.4 Å². The van der Waals surface area contributed by atoms with Gasteiger partial charge in [-0.05, 0) is 43.4 Å². The second-order valence-corrected chi connectivity index (χ2v) is 5.78. The van der Waals surface area contributed by atoms with E-state index in [0.717, 1.165) is 12.8 Å². The molecule has 18 heavy (non-hydrogen) atoms. The summed E-state index contributed by atoms with van der Waals surface area (Å²) in [7, 11) is 0. The van der Waals surface area contributed by atoms with Crippen molar-refractivity contribution in [1.29, 1.82) is 0 Å². The Hall–Kier alpha value is -0.930. The predicted octanol–water partition coefficient (Wildman–Crippen LogP) is 2.92. The third kappa shape index (κ3) is 2.17. The Morgan fingerprint density at radius 1 is 1.28 bits per heavy atom. The van der Waals surface area contributed by atoms with E-state index in [0.29, 0.717) is 5.56 Å². The molecule has 1 saturated heterocycles. The summed E-state index contributed by atoms with van der Waals surface area (Å²) in [5.41, 5.74) is 0.946. The van der Waals surface area contributed by atoms with Crippen LogP contribution < -0.4 is 5.32 Å². The van der Waals surface area contributed by atoms with Crippen molar-refractivity contribution < 1.29 is 9.50 Å². The van der Waals surface area contributed by atoms with Crippen molar-refractivity contribution in [1.82, 2.24) is 5.32 Å². The van der Waals surface area contributed by atoms with Crippen LogP contribution in [-0.4, -0.2) is 16.7 Å². The molecular formula is C15H20FNO. The highest BCUT2D eigenvalue weighted by Crippen LogP contribution is 2.41. The first-order valence-corrected chi connectivity index (χ1v) is 6.90. The molecule has 1 aromatic carbocycles. The number of benzene rings is 1. The molecule has 1 aliphatic carbocycles. The molecule has 3 heteroatoms. The predicted molar refractivity (Wildman–Crippen MR) is 68.7 cm³/mol. The molecule has 0 aromatic heterocycles. The number of hydrogen-bond acceptors (Lipinski definition) is 2. The van der Waals surface area contributed by atoms with E-state index >= 15 is 0 Å². The molecule has 2 atom stereocenters. The van der Waals surface area contributed by atoms with Gasteiger partial charge in [-0.15, -0.1) is 0 Å². The van der Waals surface area contributed by atoms with Gasteiger partial charge in [0.15, 0.2) is 0 Å². The monoisotopic (exact) mass is 249 g/mol. The fourth-order valence-corrected chi connectivity index (χ4v) is 3.58. The van der Waals surface area contributed by atoms with Crippen LogP contribution >= 0.6 is 0 Å². The zero-order valence-electron chi connectivity index (χ0n) is 10.5. The summed E-state index contributed by atoms with van der Waals surface area (Å²) in [6, 6.07) is 6.39. The van der Waals surface area contributed by atoms with Crippen molar-refractivity contribution >= 4 is 0 Å². The minimum Gasteiger partial charge on any atom is -0.387 e. The van der Waals surface area contributed by atoms with Gasteiger partial charge in [-0.2, -0.15) is 0 Å². The summed E-state index contributed by atoms with van der Waals surface area (Å²) in [5.74, 6) is -0.278. The molecule has 1 saturated carbocycles. The Morgan fingerprint density at radius 3 is 2.78 bits per heavy atom. The maximum absolute atomic E-state index is 13.2. The zero-order valence-corrected chi connectivity index (χ0v) is 10.5. The summed E-state index contributed by atoms with van der Waals surface area (Å²) in [5, 5.41) is 14.0. The van der Waals surface area contributed by atoms with Crippen LogP contribution in [0.25, 0.3) is 0 Å². The van der Waals surface area contributed by atoms with Crippen molar-refractivity contribution in [2.75, 3.05) is 0 Å². The molecule has 98 valence electrons. The van der Waals surface area contributed by atoms with Gasteiger partial charge in [0.1, 0.15) is 5.82 Å². The molecule has 2 N–H and O–H groups in total. The first-order chi connectivity index (χ1) is 8.69. The average Bonchev–Trinajstić information content (AvgIpc) is 3.00. The van der Waals surface area contributed by atoms with E-state index in [9.17, 15) is 9.50 Å². The van der Waals surface area contributed by atoms with Crippen LogP contribution in [0.5, 0.6) is 0 Å². The van der Waals surface area contributed by atoms with Gasteiger partial charge >= 0.3 is 0 Å². The Labute approximate surface area is 107 Å². The smallest absolute Gasteiger partial charge is 0.123 e. The van der Waals surface area contributed by atoms with Crippen molar-refractivity contribution in [2.24, 2.45) is 0 Å². The fraction of sp³-hybridized carbons (Fsp3) is 0.600. The van der Waals surface area contributed by atoms with E-state index in [1.807, 2.05) is 0 Å². The molecule has 3 rings (SSSR count). The zero-order chi connectivity index (χ0) is 12.6. The number of halogens is 1. The normalized spacial score (nSPS) is 27.8. The van der Waals surface area contributed by atoms with Crippen LogP contribution in [0.2, 0.25) is 0 Å². The van der Waals surface area contributed by atoms with Crippen LogP contribution in [-0.2, 0) is 0 Å². The molecule has 1 aliphatic heterocycles. The molecule has 0 amide bonds. The van der Waals surface area contributed by atoms with E-state index in [1.54, 1.807) is 12.1 Å². The van der Waals surface area contributed by atoms with Gasteiger partial charge in [0, 0.05) is 11.6 Å². The minimum absolute atomic E-state index is 0.0740. The van der Waals surface area contributed by atoms with Gasteiger partial charge in [-0.3, -0.25) is 0 Å². The first-order valence-electron chi connectivity index (χ1n) is 6.90. The Morgan fingerprint density at radius 2 is 2.06 bits per heavy atom. The number of nitrogens with one attached hydrogen (secondary N) is 1. The number of aliphatic hydroxyl groups is 1. The maximum Gasteiger partial charge on any atom is 0.123 e. The fourth-order valence-electron chi connectivity index (χ4n) is 3.58. The lowest BCUT2D eigenvalue weighted by molar-refractivity contribution is 0.129. The summed E-state index contributed by atoms with van der Waals surface area (Å²) in [6.07, 6.45) is 6.55. The summed E-state index contributed by atoms with van der Waals surface area (Å²) in [6.45, 7) is 0. The largest absolute Gasteiger partial charge is 0.387 e. The molecule has 0 bridgehead atoms. The Bertz CT molecular complexity index is 428. The van der Waals surface area contributed by atoms with E-state index in [4.69, 9.17) is 0 Å². The third-order valence-corrected chi connectivity index (χ3v) is 4.56. The lowest BCUT2D eigenvalue weighted by atomic mass is 9.96. The topological polar surface area (TPSA) is 32.3 Å². The van der Waals surface area contributed by atoms with Crippen molar-refractivity contribution in [2.45, 2.75) is 56.2 Å². The molecule has 2 fully saturated rings. The van der Waals surface area contributed by atoms with Crippen LogP contribution in [0.1, 0.15) is 50.2 Å². The van der Waals surface area contributed by atoms with Crippen LogP contribution in [0.3, 0.4) is 0 Å². The molecular weight excluding hydrogens is 229 g/mol. The maximum atomic E-state index is 13.2. The second kappa shape index (κ2) is 4.63. The van der Waals surface area contributed by atoms with Gasteiger partial charge in [0.2, 0.25) is 0 Å². The second-order valence-electron chi connectivity index (χ2n) is 5.78. The van der Waals surface area contributed by atoms with E-state index in [2.05, 4.69) is 5.32 Å². The van der Waals surface area contributed by atoms with Crippen LogP contribution in [0.4, 0.5) is 4.39 Å². The lowest BCUT2D eigenvalue weighted by Gasteiger charge is -2.27. The van der Waals surface area contributed by atoms with Crippen LogP contribution in [0, 0.1) is 5.82 Å². The molecule has 1 unspecified atom stereocenters. The quantitative estimate of drug-likeness (QED) is 0.844. The highest BCUT2D eigenvalue weighted by atomic mass is 19.1. The number of hydrogen-bond donors (Lipinski definition) is 2. The average molecular weight is 249 g/mol. The third-order valence-electron chi connectivity index (χ3n) is 4.56. The molecule has 0 radical (unpaired) electrons. The van der Waals surface area contributed by atoms with Gasteiger partial charge in [0.25, 0.3) is 0 Å². The SMILES string of the molecule is OC(c1cccc(F)c1)[C@H]1CCC2(CCCC2)N1. The van der Waals surface area contributed by atoms with E-state index < -0.39 is 6.10 Å². The van der Waals surface area contributed by atoms with Crippen LogP contribution in [0.15, 0.2) is 24.3 Å². The first kappa shape index (κ1) is 12.1. The van der Waals surface area contributed by atoms with Gasteiger partial charge in [0.05, 0.1) is 6.10 Å². The highest BCUT2D eigenvalue weighted by Gasteiger charge is 2.42. The Balaban J connectivity index is 1.72. The summed E-state index contributed by atoms with van der Waals surface area (Å²) >= 11 is 0. The van der Waals surface area contributed by atoms with E-state index in [-0.39, 0.29) is 17.4 Å². The highest BCUT2D eigenvalue weighted by molar-refractivity contribution is 5.21. The molecule has 2 nitrogen and oxygen atoms in total. The molecule has 1 spiro atoms. The Kier molecular flexibility index (Phi) is 3.12. The molecule has 1 heterocycles. The standard InChI is InChI=1S/C15H20FNO/c16-12-5-3-4-11(10-12)14(18)13-6-9-15(17-13)7-1-2-8-15/h3-5,10,13-14,17-18H,1-2,6-9H2/t13-,14?/m1/s1. The molecule has 2 aliphatic rings. The number of rotatable bonds is 2. The van der Waals surface area contributed by atoms with Gasteiger partial charge in [-0.1, -0.05) is 25.0 Å². The minimum atomic E-state index is -0.597. The summed E-state index contributed by atoms with van der Waals surface area (Å²) < 4.78 is 13.2.